The quantitative estimate of drug-likeness (QED) is 0.540. The Morgan fingerprint density at radius 2 is 2.00 bits per heavy atom. The maximum absolute atomic E-state index is 4.31. The predicted octanol–water partition coefficient (Wildman–Crippen LogP) is 4.26. The van der Waals surface area contributed by atoms with Gasteiger partial charge in [-0.2, -0.15) is 0 Å². The highest BCUT2D eigenvalue weighted by Gasteiger charge is 2.00. The maximum atomic E-state index is 4.31. The monoisotopic (exact) mass is 204 g/mol. The van der Waals surface area contributed by atoms with Crippen molar-refractivity contribution in [2.24, 2.45) is 0 Å². The van der Waals surface area contributed by atoms with Gasteiger partial charge >= 0.3 is 0 Å². The van der Waals surface area contributed by atoms with E-state index < -0.39 is 0 Å². The van der Waals surface area contributed by atoms with Crippen LogP contribution in [0.2, 0.25) is 0 Å². The summed E-state index contributed by atoms with van der Waals surface area (Å²) >= 11 is 4.31. The van der Waals surface area contributed by atoms with Gasteiger partial charge in [0.15, 0.2) is 0 Å². The third-order valence-electron chi connectivity index (χ3n) is 2.18. The molecule has 0 fully saturated rings. The maximum Gasteiger partial charge on any atom is 0.00430 e. The molecule has 0 heterocycles. The smallest absolute Gasteiger partial charge is 0.00430 e. The molecule has 0 aliphatic heterocycles. The number of thiol groups is 1. The zero-order valence-corrected chi connectivity index (χ0v) is 9.81. The van der Waals surface area contributed by atoms with Crippen LogP contribution in [-0.4, -0.2) is 0 Å². The Labute approximate surface area is 91.8 Å². The Balaban J connectivity index is 3.18. The van der Waals surface area contributed by atoms with Crippen LogP contribution in [0.1, 0.15) is 25.0 Å². The topological polar surface area (TPSA) is 0 Å². The molecule has 0 N–H and O–H groups in total. The van der Waals surface area contributed by atoms with Gasteiger partial charge in [-0.1, -0.05) is 24.3 Å². The lowest BCUT2D eigenvalue weighted by atomic mass is 10.0. The summed E-state index contributed by atoms with van der Waals surface area (Å²) in [5, 5.41) is 0. The van der Waals surface area contributed by atoms with Crippen LogP contribution in [0.25, 0.3) is 5.57 Å². The molecule has 0 atom stereocenters. The first-order valence-corrected chi connectivity index (χ1v) is 5.22. The fraction of sp³-hybridized carbons (Fsp3) is 0.231. The lowest BCUT2D eigenvalue weighted by Gasteiger charge is -2.07. The summed E-state index contributed by atoms with van der Waals surface area (Å²) in [4.78, 5) is 1.02. The van der Waals surface area contributed by atoms with E-state index in [1.54, 1.807) is 0 Å². The van der Waals surface area contributed by atoms with E-state index in [9.17, 15) is 0 Å². The van der Waals surface area contributed by atoms with Gasteiger partial charge < -0.3 is 0 Å². The summed E-state index contributed by atoms with van der Waals surface area (Å²) in [5.41, 5.74) is 3.81. The Morgan fingerprint density at radius 1 is 1.29 bits per heavy atom. The molecular weight excluding hydrogens is 188 g/mol. The van der Waals surface area contributed by atoms with Gasteiger partial charge in [-0.05, 0) is 49.6 Å². The lowest BCUT2D eigenvalue weighted by molar-refractivity contribution is 1.34. The first-order valence-electron chi connectivity index (χ1n) is 4.78. The zero-order chi connectivity index (χ0) is 10.6. The van der Waals surface area contributed by atoms with Crippen molar-refractivity contribution in [3.63, 3.8) is 0 Å². The van der Waals surface area contributed by atoms with Crippen molar-refractivity contribution < 1.29 is 0 Å². The molecule has 0 radical (unpaired) electrons. The molecule has 0 spiro atoms. The highest BCUT2D eigenvalue weighted by Crippen LogP contribution is 2.22. The van der Waals surface area contributed by atoms with Gasteiger partial charge in [0.1, 0.15) is 0 Å². The van der Waals surface area contributed by atoms with Crippen molar-refractivity contribution in [1.82, 2.24) is 0 Å². The van der Waals surface area contributed by atoms with Crippen LogP contribution in [-0.2, 0) is 0 Å². The summed E-state index contributed by atoms with van der Waals surface area (Å²) in [6.07, 6.45) is 6.31. The number of allylic oxidation sites excluding steroid dienone is 4. The van der Waals surface area contributed by atoms with Gasteiger partial charge in [-0.25, -0.2) is 0 Å². The average molecular weight is 204 g/mol. The number of hydrogen-bond acceptors (Lipinski definition) is 1. The standard InChI is InChI=1S/C13H16S/c1-4-6-11(5-2)13-8-7-12(14)9-10(13)3/h4-9,14H,1-3H3/b6-4-,11-5+. The van der Waals surface area contributed by atoms with E-state index in [0.29, 0.717) is 0 Å². The molecule has 0 aliphatic rings. The Hall–Kier alpha value is -0.950. The number of rotatable bonds is 2. The average Bonchev–Trinajstić information content (AvgIpc) is 2.15. The lowest BCUT2D eigenvalue weighted by Crippen LogP contribution is -1.86. The van der Waals surface area contributed by atoms with E-state index in [2.05, 4.69) is 56.8 Å². The fourth-order valence-corrected chi connectivity index (χ4v) is 1.76. The second-order valence-corrected chi connectivity index (χ2v) is 3.76. The molecule has 0 nitrogen and oxygen atoms in total. The van der Waals surface area contributed by atoms with E-state index in [1.165, 1.54) is 16.7 Å². The van der Waals surface area contributed by atoms with E-state index in [-0.39, 0.29) is 0 Å². The van der Waals surface area contributed by atoms with Crippen molar-refractivity contribution in [3.8, 4) is 0 Å². The molecule has 1 rings (SSSR count). The van der Waals surface area contributed by atoms with Gasteiger partial charge in [0.25, 0.3) is 0 Å². The van der Waals surface area contributed by atoms with Crippen LogP contribution in [0.15, 0.2) is 41.3 Å². The Kier molecular flexibility index (Phi) is 4.02. The number of aryl methyl sites for hydroxylation is 1. The van der Waals surface area contributed by atoms with Gasteiger partial charge in [0, 0.05) is 4.90 Å². The minimum Gasteiger partial charge on any atom is -0.143 e. The van der Waals surface area contributed by atoms with Crippen LogP contribution in [0.5, 0.6) is 0 Å². The molecule has 1 aromatic rings. The zero-order valence-electron chi connectivity index (χ0n) is 8.91. The number of hydrogen-bond donors (Lipinski definition) is 1. The molecule has 0 bridgehead atoms. The minimum atomic E-state index is 1.02. The highest BCUT2D eigenvalue weighted by atomic mass is 32.1. The first-order chi connectivity index (χ1) is 6.69. The van der Waals surface area contributed by atoms with Crippen molar-refractivity contribution in [1.29, 1.82) is 0 Å². The third kappa shape index (κ3) is 2.52. The first kappa shape index (κ1) is 11.1. The molecule has 0 amide bonds. The van der Waals surface area contributed by atoms with Crippen LogP contribution >= 0.6 is 12.6 Å². The van der Waals surface area contributed by atoms with Gasteiger partial charge in [0.05, 0.1) is 0 Å². The third-order valence-corrected chi connectivity index (χ3v) is 2.46. The SMILES string of the molecule is C/C=C\C(=C/C)c1ccc(S)cc1C. The normalized spacial score (nSPS) is 12.4. The Morgan fingerprint density at radius 3 is 2.50 bits per heavy atom. The minimum absolute atomic E-state index is 1.02. The molecule has 0 unspecified atom stereocenters. The summed E-state index contributed by atoms with van der Waals surface area (Å²) in [6.45, 7) is 6.21. The molecule has 0 aromatic heterocycles. The second kappa shape index (κ2) is 5.06. The van der Waals surface area contributed by atoms with Gasteiger partial charge in [-0.15, -0.1) is 12.6 Å². The van der Waals surface area contributed by atoms with Gasteiger partial charge in [0.2, 0.25) is 0 Å². The summed E-state index contributed by atoms with van der Waals surface area (Å²) in [6, 6.07) is 6.23. The van der Waals surface area contributed by atoms with Crippen molar-refractivity contribution in [3.05, 3.63) is 47.6 Å². The van der Waals surface area contributed by atoms with E-state index in [1.807, 2.05) is 13.0 Å². The Bertz CT molecular complexity index is 373. The van der Waals surface area contributed by atoms with Crippen LogP contribution in [0.4, 0.5) is 0 Å². The molecule has 74 valence electrons. The fourth-order valence-electron chi connectivity index (χ4n) is 1.49. The largest absolute Gasteiger partial charge is 0.143 e. The van der Waals surface area contributed by atoms with Crippen LogP contribution in [0.3, 0.4) is 0 Å². The highest BCUT2D eigenvalue weighted by molar-refractivity contribution is 7.80. The van der Waals surface area contributed by atoms with E-state index >= 15 is 0 Å². The molecular formula is C13H16S. The summed E-state index contributed by atoms with van der Waals surface area (Å²) in [7, 11) is 0. The second-order valence-electron chi connectivity index (χ2n) is 3.24. The predicted molar refractivity (Wildman–Crippen MR) is 66.9 cm³/mol. The summed E-state index contributed by atoms with van der Waals surface area (Å²) < 4.78 is 0. The van der Waals surface area contributed by atoms with E-state index in [4.69, 9.17) is 0 Å². The molecule has 1 aromatic carbocycles. The molecule has 1 heteroatoms. The van der Waals surface area contributed by atoms with E-state index in [0.717, 1.165) is 4.90 Å². The molecule has 0 saturated carbocycles. The molecule has 0 saturated heterocycles. The molecule has 0 aliphatic carbocycles. The molecule has 14 heavy (non-hydrogen) atoms. The summed E-state index contributed by atoms with van der Waals surface area (Å²) in [5.74, 6) is 0. The van der Waals surface area contributed by atoms with Crippen LogP contribution < -0.4 is 0 Å². The number of benzene rings is 1. The van der Waals surface area contributed by atoms with Crippen molar-refractivity contribution in [2.45, 2.75) is 25.7 Å². The van der Waals surface area contributed by atoms with Crippen molar-refractivity contribution in [2.75, 3.05) is 0 Å². The van der Waals surface area contributed by atoms with Crippen molar-refractivity contribution >= 4 is 18.2 Å². The van der Waals surface area contributed by atoms with Gasteiger partial charge in [-0.3, -0.25) is 0 Å². The van der Waals surface area contributed by atoms with Crippen LogP contribution in [0, 0.1) is 6.92 Å².